The van der Waals surface area contributed by atoms with Crippen molar-refractivity contribution in [1.82, 2.24) is 0 Å². The van der Waals surface area contributed by atoms with Crippen LogP contribution in [0.3, 0.4) is 0 Å². The highest BCUT2D eigenvalue weighted by atomic mass is 35.5. The molecule has 0 fully saturated rings. The zero-order chi connectivity index (χ0) is 14.7. The molecule has 1 aromatic carbocycles. The van der Waals surface area contributed by atoms with Crippen LogP contribution in [0.25, 0.3) is 0 Å². The number of allylic oxidation sites excluding steroid dienone is 9. The summed E-state index contributed by atoms with van der Waals surface area (Å²) >= 11 is 12.3. The second kappa shape index (κ2) is 6.30. The summed E-state index contributed by atoms with van der Waals surface area (Å²) in [6, 6.07) is 5.45. The molecule has 0 radical (unpaired) electrons. The summed E-state index contributed by atoms with van der Waals surface area (Å²) in [5, 5.41) is 1.21. The van der Waals surface area contributed by atoms with Crippen molar-refractivity contribution in [3.05, 3.63) is 93.2 Å². The maximum Gasteiger partial charge on any atom is 0.0665 e. The molecule has 0 spiro atoms. The molecule has 2 aliphatic rings. The fraction of sp³-hybridized carbons (Fsp3) is 0.0556. The van der Waals surface area contributed by atoms with Crippen molar-refractivity contribution in [2.45, 2.75) is 6.42 Å². The maximum atomic E-state index is 6.17. The summed E-state index contributed by atoms with van der Waals surface area (Å²) in [6.07, 6.45) is 17.0. The first-order valence-corrected chi connectivity index (χ1v) is 7.43. The summed E-state index contributed by atoms with van der Waals surface area (Å²) in [4.78, 5) is 4.58. The van der Waals surface area contributed by atoms with Crippen LogP contribution in [0.4, 0.5) is 0 Å². The van der Waals surface area contributed by atoms with Crippen LogP contribution in [0.2, 0.25) is 10.0 Å². The van der Waals surface area contributed by atoms with Crippen LogP contribution in [0.1, 0.15) is 12.0 Å². The van der Waals surface area contributed by atoms with Crippen molar-refractivity contribution in [3.8, 4) is 0 Å². The Balaban J connectivity index is 1.94. The number of halogens is 2. The molecule has 2 aliphatic carbocycles. The molecule has 0 atom stereocenters. The summed E-state index contributed by atoms with van der Waals surface area (Å²) in [6.45, 7) is 0. The van der Waals surface area contributed by atoms with Crippen LogP contribution >= 0.6 is 23.2 Å². The Morgan fingerprint density at radius 1 is 0.952 bits per heavy atom. The minimum absolute atomic E-state index is 0.603. The van der Waals surface area contributed by atoms with Gasteiger partial charge in [0.1, 0.15) is 0 Å². The summed E-state index contributed by atoms with van der Waals surface area (Å²) in [7, 11) is 0. The lowest BCUT2D eigenvalue weighted by atomic mass is 10.1. The van der Waals surface area contributed by atoms with Crippen LogP contribution in [0, 0.1) is 0 Å². The Labute approximate surface area is 134 Å². The highest BCUT2D eigenvalue weighted by Crippen LogP contribution is 2.27. The van der Waals surface area contributed by atoms with E-state index in [2.05, 4.69) is 23.2 Å². The number of aliphatic imine (C=N–C) groups is 1. The first-order chi connectivity index (χ1) is 10.2. The van der Waals surface area contributed by atoms with Gasteiger partial charge in [0.05, 0.1) is 15.7 Å². The second-order valence-electron chi connectivity index (χ2n) is 4.80. The highest BCUT2D eigenvalue weighted by Gasteiger charge is 2.10. The highest BCUT2D eigenvalue weighted by molar-refractivity contribution is 6.38. The van der Waals surface area contributed by atoms with E-state index in [1.54, 1.807) is 6.21 Å². The number of hydrogen-bond acceptors (Lipinski definition) is 1. The Morgan fingerprint density at radius 2 is 1.71 bits per heavy atom. The zero-order valence-electron chi connectivity index (χ0n) is 11.3. The minimum atomic E-state index is 0.603. The lowest BCUT2D eigenvalue weighted by Crippen LogP contribution is -1.90. The largest absolute Gasteiger partial charge is 0.256 e. The molecule has 3 heteroatoms. The summed E-state index contributed by atoms with van der Waals surface area (Å²) in [5.74, 6) is 0. The van der Waals surface area contributed by atoms with Gasteiger partial charge in [0.15, 0.2) is 0 Å². The number of benzene rings is 1. The van der Waals surface area contributed by atoms with Crippen molar-refractivity contribution in [3.63, 3.8) is 0 Å². The van der Waals surface area contributed by atoms with Crippen LogP contribution in [0.5, 0.6) is 0 Å². The van der Waals surface area contributed by atoms with Crippen LogP contribution < -0.4 is 0 Å². The Bertz CT molecular complexity index is 726. The van der Waals surface area contributed by atoms with E-state index in [0.29, 0.717) is 10.0 Å². The van der Waals surface area contributed by atoms with E-state index in [4.69, 9.17) is 23.2 Å². The lowest BCUT2D eigenvalue weighted by molar-refractivity contribution is 1.15. The first kappa shape index (κ1) is 14.1. The average Bonchev–Trinajstić information content (AvgIpc) is 2.81. The fourth-order valence-corrected chi connectivity index (χ4v) is 2.74. The third-order valence-corrected chi connectivity index (χ3v) is 4.00. The topological polar surface area (TPSA) is 12.4 Å². The molecule has 0 N–H and O–H groups in total. The van der Waals surface area contributed by atoms with E-state index >= 15 is 0 Å². The van der Waals surface area contributed by atoms with Gasteiger partial charge >= 0.3 is 0 Å². The molecule has 104 valence electrons. The van der Waals surface area contributed by atoms with Gasteiger partial charge in [-0.05, 0) is 35.8 Å². The number of nitrogens with zero attached hydrogens (tertiary/aromatic N) is 1. The van der Waals surface area contributed by atoms with Gasteiger partial charge in [-0.3, -0.25) is 4.99 Å². The molecule has 0 aliphatic heterocycles. The first-order valence-electron chi connectivity index (χ1n) is 6.67. The molecular formula is C18H13Cl2N. The number of fused-ring (bicyclic) bond motifs is 2. The second-order valence-corrected chi connectivity index (χ2v) is 5.61. The molecule has 0 saturated carbocycles. The van der Waals surface area contributed by atoms with Crippen molar-refractivity contribution < 1.29 is 0 Å². The van der Waals surface area contributed by atoms with Gasteiger partial charge in [-0.25, -0.2) is 0 Å². The van der Waals surface area contributed by atoms with Gasteiger partial charge in [0.2, 0.25) is 0 Å². The SMILES string of the molecule is Clc1cccc(Cl)c1C=NC1=CC=CC2=CC=CC=C1C2. The summed E-state index contributed by atoms with van der Waals surface area (Å²) < 4.78 is 0. The Morgan fingerprint density at radius 3 is 2.52 bits per heavy atom. The summed E-state index contributed by atoms with van der Waals surface area (Å²) in [5.41, 5.74) is 4.12. The Kier molecular flexibility index (Phi) is 4.23. The lowest BCUT2D eigenvalue weighted by Gasteiger charge is -2.06. The zero-order valence-corrected chi connectivity index (χ0v) is 12.8. The number of rotatable bonds is 2. The van der Waals surface area contributed by atoms with E-state index in [1.165, 1.54) is 11.1 Å². The van der Waals surface area contributed by atoms with E-state index in [1.807, 2.05) is 42.5 Å². The fourth-order valence-electron chi connectivity index (χ4n) is 2.24. The van der Waals surface area contributed by atoms with Crippen LogP contribution in [-0.4, -0.2) is 6.21 Å². The minimum Gasteiger partial charge on any atom is -0.256 e. The maximum absolute atomic E-state index is 6.17. The van der Waals surface area contributed by atoms with Gasteiger partial charge in [-0.15, -0.1) is 0 Å². The molecule has 2 bridgehead atoms. The molecule has 0 saturated heterocycles. The average molecular weight is 314 g/mol. The van der Waals surface area contributed by atoms with Crippen LogP contribution in [0.15, 0.2) is 82.6 Å². The van der Waals surface area contributed by atoms with E-state index < -0.39 is 0 Å². The molecular weight excluding hydrogens is 301 g/mol. The molecule has 0 amide bonds. The van der Waals surface area contributed by atoms with Crippen molar-refractivity contribution in [1.29, 1.82) is 0 Å². The van der Waals surface area contributed by atoms with Gasteiger partial charge in [0.25, 0.3) is 0 Å². The predicted octanol–water partition coefficient (Wildman–Crippen LogP) is 5.68. The Hall–Kier alpha value is -1.83. The van der Waals surface area contributed by atoms with Crippen molar-refractivity contribution >= 4 is 29.4 Å². The third-order valence-electron chi connectivity index (χ3n) is 3.34. The van der Waals surface area contributed by atoms with Gasteiger partial charge in [-0.1, -0.05) is 65.7 Å². The standard InChI is InChI=1S/C18H13Cl2N/c19-16-8-4-9-17(20)15(16)12-21-18-10-3-6-13-5-1-2-7-14(18)11-13/h1-10,12H,11H2. The molecule has 0 aromatic heterocycles. The smallest absolute Gasteiger partial charge is 0.0665 e. The molecule has 0 unspecified atom stereocenters. The van der Waals surface area contributed by atoms with Crippen molar-refractivity contribution in [2.75, 3.05) is 0 Å². The van der Waals surface area contributed by atoms with Crippen molar-refractivity contribution in [2.24, 2.45) is 4.99 Å². The predicted molar refractivity (Wildman–Crippen MR) is 91.2 cm³/mol. The molecule has 3 rings (SSSR count). The quantitative estimate of drug-likeness (QED) is 0.623. The number of hydrogen-bond donors (Lipinski definition) is 0. The van der Waals surface area contributed by atoms with E-state index in [-0.39, 0.29) is 0 Å². The van der Waals surface area contributed by atoms with E-state index in [9.17, 15) is 0 Å². The van der Waals surface area contributed by atoms with Gasteiger partial charge in [0, 0.05) is 11.8 Å². The third kappa shape index (κ3) is 3.26. The van der Waals surface area contributed by atoms with E-state index in [0.717, 1.165) is 17.7 Å². The molecule has 1 aromatic rings. The van der Waals surface area contributed by atoms with Gasteiger partial charge < -0.3 is 0 Å². The molecule has 1 nitrogen and oxygen atoms in total. The van der Waals surface area contributed by atoms with Gasteiger partial charge in [-0.2, -0.15) is 0 Å². The van der Waals surface area contributed by atoms with Crippen LogP contribution in [-0.2, 0) is 0 Å². The molecule has 0 heterocycles. The monoisotopic (exact) mass is 313 g/mol. The normalized spacial score (nSPS) is 17.1. The molecule has 21 heavy (non-hydrogen) atoms.